The molecule has 1 saturated heterocycles. The van der Waals surface area contributed by atoms with Gasteiger partial charge in [-0.05, 0) is 41.7 Å². The maximum atomic E-state index is 12.4. The Bertz CT molecular complexity index is 973. The van der Waals surface area contributed by atoms with E-state index in [1.165, 1.54) is 17.6 Å². The van der Waals surface area contributed by atoms with E-state index in [0.29, 0.717) is 18.4 Å². The lowest BCUT2D eigenvalue weighted by Crippen LogP contribution is -2.51. The standard InChI is InChI=1S/C18H19N3O6S/c22-18(19-23)17-2-1-11-28(26,27)20(17)12-13-3-5-14(6-4-13)15-7-9-16(10-8-15)21(24)25/h3-10,17,23H,1-2,11-12H2,(H,19,22)/t17-/m1/s1. The Morgan fingerprint density at radius 3 is 2.25 bits per heavy atom. The van der Waals surface area contributed by atoms with Crippen LogP contribution in [0.25, 0.3) is 11.1 Å². The first-order chi connectivity index (χ1) is 13.3. The third kappa shape index (κ3) is 4.19. The number of nitrogens with zero attached hydrogens (tertiary/aromatic N) is 2. The van der Waals surface area contributed by atoms with Crippen molar-refractivity contribution in [1.82, 2.24) is 9.79 Å². The molecule has 0 spiro atoms. The van der Waals surface area contributed by atoms with Crippen LogP contribution >= 0.6 is 0 Å². The van der Waals surface area contributed by atoms with Gasteiger partial charge in [-0.1, -0.05) is 24.3 Å². The van der Waals surface area contributed by atoms with Gasteiger partial charge in [-0.15, -0.1) is 0 Å². The van der Waals surface area contributed by atoms with Crippen molar-refractivity contribution in [3.8, 4) is 11.1 Å². The monoisotopic (exact) mass is 405 g/mol. The maximum absolute atomic E-state index is 12.4. The molecule has 0 bridgehead atoms. The topological polar surface area (TPSA) is 130 Å². The van der Waals surface area contributed by atoms with Crippen molar-refractivity contribution in [3.63, 3.8) is 0 Å². The van der Waals surface area contributed by atoms with Crippen LogP contribution in [0.1, 0.15) is 18.4 Å². The maximum Gasteiger partial charge on any atom is 0.269 e. The van der Waals surface area contributed by atoms with Gasteiger partial charge in [-0.25, -0.2) is 13.9 Å². The lowest BCUT2D eigenvalue weighted by Gasteiger charge is -2.33. The molecule has 3 rings (SSSR count). The van der Waals surface area contributed by atoms with Crippen LogP contribution in [-0.4, -0.2) is 40.6 Å². The Morgan fingerprint density at radius 2 is 1.71 bits per heavy atom. The molecule has 2 N–H and O–H groups in total. The van der Waals surface area contributed by atoms with Crippen molar-refractivity contribution in [1.29, 1.82) is 0 Å². The van der Waals surface area contributed by atoms with Crippen LogP contribution in [0.4, 0.5) is 5.69 Å². The molecule has 2 aromatic rings. The summed E-state index contributed by atoms with van der Waals surface area (Å²) in [5.41, 5.74) is 3.84. The molecular weight excluding hydrogens is 386 g/mol. The highest BCUT2D eigenvalue weighted by molar-refractivity contribution is 7.89. The fraction of sp³-hybridized carbons (Fsp3) is 0.278. The summed E-state index contributed by atoms with van der Waals surface area (Å²) in [7, 11) is -3.60. The number of rotatable bonds is 5. The third-order valence-electron chi connectivity index (χ3n) is 4.70. The summed E-state index contributed by atoms with van der Waals surface area (Å²) in [4.78, 5) is 22.1. The van der Waals surface area contributed by atoms with E-state index in [0.717, 1.165) is 15.4 Å². The van der Waals surface area contributed by atoms with Crippen molar-refractivity contribution in [2.24, 2.45) is 0 Å². The van der Waals surface area contributed by atoms with Crippen LogP contribution in [0.2, 0.25) is 0 Å². The molecule has 9 nitrogen and oxygen atoms in total. The van der Waals surface area contributed by atoms with Crippen LogP contribution in [0.15, 0.2) is 48.5 Å². The number of amides is 1. The predicted octanol–water partition coefficient (Wildman–Crippen LogP) is 2.06. The third-order valence-corrected chi connectivity index (χ3v) is 6.60. The Hall–Kier alpha value is -2.82. The fourth-order valence-corrected chi connectivity index (χ4v) is 4.92. The molecular formula is C18H19N3O6S. The molecule has 0 unspecified atom stereocenters. The van der Waals surface area contributed by atoms with Crippen molar-refractivity contribution in [2.75, 3.05) is 5.75 Å². The minimum Gasteiger partial charge on any atom is -0.289 e. The average molecular weight is 405 g/mol. The van der Waals surface area contributed by atoms with Gasteiger partial charge >= 0.3 is 0 Å². The Balaban J connectivity index is 1.80. The largest absolute Gasteiger partial charge is 0.289 e. The van der Waals surface area contributed by atoms with Crippen LogP contribution in [0.5, 0.6) is 0 Å². The predicted molar refractivity (Wildman–Crippen MR) is 101 cm³/mol. The van der Waals surface area contributed by atoms with Gasteiger partial charge in [0.1, 0.15) is 6.04 Å². The smallest absolute Gasteiger partial charge is 0.269 e. The number of nitrogens with one attached hydrogen (secondary N) is 1. The molecule has 10 heteroatoms. The van der Waals surface area contributed by atoms with Crippen LogP contribution in [-0.2, 0) is 21.4 Å². The van der Waals surface area contributed by atoms with Gasteiger partial charge in [-0.2, -0.15) is 4.31 Å². The summed E-state index contributed by atoms with van der Waals surface area (Å²) >= 11 is 0. The second-order valence-corrected chi connectivity index (χ2v) is 8.54. The molecule has 0 saturated carbocycles. The van der Waals surface area contributed by atoms with Crippen LogP contribution in [0, 0.1) is 10.1 Å². The first-order valence-corrected chi connectivity index (χ1v) is 10.2. The Kier molecular flexibility index (Phi) is 5.73. The van der Waals surface area contributed by atoms with E-state index in [2.05, 4.69) is 0 Å². The Morgan fingerprint density at radius 1 is 1.14 bits per heavy atom. The second kappa shape index (κ2) is 8.05. The van der Waals surface area contributed by atoms with E-state index in [1.807, 2.05) is 0 Å². The first-order valence-electron chi connectivity index (χ1n) is 8.59. The Labute approximate surface area is 161 Å². The highest BCUT2D eigenvalue weighted by Crippen LogP contribution is 2.26. The van der Waals surface area contributed by atoms with Gasteiger partial charge in [0, 0.05) is 18.7 Å². The molecule has 1 aliphatic rings. The highest BCUT2D eigenvalue weighted by Gasteiger charge is 2.38. The van der Waals surface area contributed by atoms with E-state index < -0.39 is 26.9 Å². The summed E-state index contributed by atoms with van der Waals surface area (Å²) in [6.07, 6.45) is 0.697. The lowest BCUT2D eigenvalue weighted by atomic mass is 10.0. The number of hydrogen-bond acceptors (Lipinski definition) is 6. The number of nitro groups is 1. The van der Waals surface area contributed by atoms with E-state index in [-0.39, 0.29) is 18.0 Å². The van der Waals surface area contributed by atoms with Gasteiger partial charge in [0.25, 0.3) is 11.6 Å². The molecule has 1 aliphatic heterocycles. The number of non-ortho nitro benzene ring substituents is 1. The molecule has 1 amide bonds. The van der Waals surface area contributed by atoms with Crippen LogP contribution in [0.3, 0.4) is 0 Å². The summed E-state index contributed by atoms with van der Waals surface area (Å²) in [6, 6.07) is 12.2. The van der Waals surface area contributed by atoms with Gasteiger partial charge in [0.2, 0.25) is 10.0 Å². The molecule has 2 aromatic carbocycles. The molecule has 1 heterocycles. The SMILES string of the molecule is O=C(NO)[C@H]1CCCS(=O)(=O)N1Cc1ccc(-c2ccc([N+](=O)[O-])cc2)cc1. The van der Waals surface area contributed by atoms with Gasteiger partial charge in [0.05, 0.1) is 10.7 Å². The highest BCUT2D eigenvalue weighted by atomic mass is 32.2. The van der Waals surface area contributed by atoms with Crippen molar-refractivity contribution >= 4 is 21.6 Å². The molecule has 28 heavy (non-hydrogen) atoms. The minimum atomic E-state index is -3.60. The molecule has 0 aliphatic carbocycles. The van der Waals surface area contributed by atoms with Crippen molar-refractivity contribution < 1.29 is 23.3 Å². The summed E-state index contributed by atoms with van der Waals surface area (Å²) in [6.45, 7) is 0.0148. The zero-order valence-electron chi connectivity index (χ0n) is 14.8. The van der Waals surface area contributed by atoms with Gasteiger partial charge in [0.15, 0.2) is 0 Å². The fourth-order valence-electron chi connectivity index (χ4n) is 3.22. The lowest BCUT2D eigenvalue weighted by molar-refractivity contribution is -0.384. The number of hydroxylamine groups is 1. The molecule has 1 atom stereocenters. The number of hydrogen-bond donors (Lipinski definition) is 2. The quantitative estimate of drug-likeness (QED) is 0.445. The van der Waals surface area contributed by atoms with Gasteiger partial charge < -0.3 is 0 Å². The van der Waals surface area contributed by atoms with Crippen molar-refractivity contribution in [2.45, 2.75) is 25.4 Å². The van der Waals surface area contributed by atoms with E-state index >= 15 is 0 Å². The minimum absolute atomic E-state index is 0.00359. The number of carbonyl (C=O) groups excluding carboxylic acids is 1. The van der Waals surface area contributed by atoms with E-state index in [1.54, 1.807) is 36.4 Å². The molecule has 0 aromatic heterocycles. The number of carbonyl (C=O) groups is 1. The van der Waals surface area contributed by atoms with Gasteiger partial charge in [-0.3, -0.25) is 20.1 Å². The molecule has 148 valence electrons. The average Bonchev–Trinajstić information content (AvgIpc) is 2.69. The van der Waals surface area contributed by atoms with Crippen LogP contribution < -0.4 is 5.48 Å². The number of nitro benzene ring substituents is 1. The first kappa shape index (κ1) is 19.9. The summed E-state index contributed by atoms with van der Waals surface area (Å²) < 4.78 is 25.9. The second-order valence-electron chi connectivity index (χ2n) is 6.50. The number of sulfonamides is 1. The molecule has 1 fully saturated rings. The summed E-state index contributed by atoms with van der Waals surface area (Å²) in [5, 5.41) is 19.6. The number of benzene rings is 2. The summed E-state index contributed by atoms with van der Waals surface area (Å²) in [5.74, 6) is -0.783. The molecule has 0 radical (unpaired) electrons. The normalized spacial score (nSPS) is 19.1. The zero-order valence-corrected chi connectivity index (χ0v) is 15.6. The van der Waals surface area contributed by atoms with E-state index in [9.17, 15) is 23.3 Å². The van der Waals surface area contributed by atoms with E-state index in [4.69, 9.17) is 5.21 Å². The van der Waals surface area contributed by atoms with Crippen molar-refractivity contribution in [3.05, 3.63) is 64.2 Å². The zero-order chi connectivity index (χ0) is 20.3.